The molecule has 3 rings (SSSR count). The number of rotatable bonds is 3. The van der Waals surface area contributed by atoms with Crippen molar-refractivity contribution in [3.8, 4) is 0 Å². The predicted octanol–water partition coefficient (Wildman–Crippen LogP) is 4.57. The molecule has 0 atom stereocenters. The molecule has 2 N–H and O–H groups in total. The molecular weight excluding hydrogens is 263 g/mol. The Morgan fingerprint density at radius 2 is 2.05 bits per heavy atom. The van der Waals surface area contributed by atoms with E-state index < -0.39 is 5.82 Å². The normalized spacial score (nSPS) is 10.8. The summed E-state index contributed by atoms with van der Waals surface area (Å²) >= 11 is 5.74. The van der Waals surface area contributed by atoms with Crippen molar-refractivity contribution in [1.29, 1.82) is 0 Å². The highest BCUT2D eigenvalue weighted by molar-refractivity contribution is 6.31. The number of hydrogen-bond donors (Lipinski definition) is 2. The summed E-state index contributed by atoms with van der Waals surface area (Å²) in [6, 6.07) is 13.0. The molecule has 3 aromatic rings. The lowest BCUT2D eigenvalue weighted by molar-refractivity contribution is 0.630. The van der Waals surface area contributed by atoms with Crippen molar-refractivity contribution in [2.45, 2.75) is 6.54 Å². The standard InChI is InChI=1S/C15H12ClFN2/c16-12-2-1-3-14(15(12)17)19-9-10-4-5-13-11(8-10)6-7-18-13/h1-8,18-19H,9H2. The Kier molecular flexibility index (Phi) is 3.13. The number of anilines is 1. The number of fused-ring (bicyclic) bond motifs is 1. The molecule has 96 valence electrons. The molecule has 0 saturated carbocycles. The van der Waals surface area contributed by atoms with E-state index in [2.05, 4.69) is 16.4 Å². The minimum atomic E-state index is -0.410. The van der Waals surface area contributed by atoms with Gasteiger partial charge in [-0.2, -0.15) is 0 Å². The van der Waals surface area contributed by atoms with Crippen molar-refractivity contribution in [2.75, 3.05) is 5.32 Å². The smallest absolute Gasteiger partial charge is 0.164 e. The zero-order valence-corrected chi connectivity index (χ0v) is 10.8. The van der Waals surface area contributed by atoms with Gasteiger partial charge in [0.15, 0.2) is 5.82 Å². The van der Waals surface area contributed by atoms with Crippen LogP contribution in [-0.2, 0) is 6.54 Å². The Hall–Kier alpha value is -2.00. The molecule has 0 unspecified atom stereocenters. The van der Waals surface area contributed by atoms with E-state index in [-0.39, 0.29) is 5.02 Å². The molecule has 0 spiro atoms. The van der Waals surface area contributed by atoms with Gasteiger partial charge < -0.3 is 10.3 Å². The van der Waals surface area contributed by atoms with Gasteiger partial charge in [0.1, 0.15) is 0 Å². The van der Waals surface area contributed by atoms with Gasteiger partial charge in [0, 0.05) is 18.3 Å². The van der Waals surface area contributed by atoms with E-state index in [4.69, 9.17) is 11.6 Å². The van der Waals surface area contributed by atoms with Gasteiger partial charge in [-0.05, 0) is 41.3 Å². The third kappa shape index (κ3) is 2.42. The molecular formula is C15H12ClFN2. The lowest BCUT2D eigenvalue weighted by Gasteiger charge is -2.08. The Morgan fingerprint density at radius 1 is 1.16 bits per heavy atom. The zero-order valence-electron chi connectivity index (χ0n) is 10.1. The van der Waals surface area contributed by atoms with E-state index in [1.54, 1.807) is 12.1 Å². The van der Waals surface area contributed by atoms with E-state index in [1.165, 1.54) is 6.07 Å². The maximum absolute atomic E-state index is 13.7. The molecule has 0 saturated heterocycles. The zero-order chi connectivity index (χ0) is 13.2. The van der Waals surface area contributed by atoms with Gasteiger partial charge in [-0.3, -0.25) is 0 Å². The van der Waals surface area contributed by atoms with E-state index in [0.717, 1.165) is 16.5 Å². The lowest BCUT2D eigenvalue weighted by atomic mass is 10.1. The number of hydrogen-bond acceptors (Lipinski definition) is 1. The molecule has 0 bridgehead atoms. The predicted molar refractivity (Wildman–Crippen MR) is 77.0 cm³/mol. The van der Waals surface area contributed by atoms with Crippen LogP contribution in [0.25, 0.3) is 10.9 Å². The van der Waals surface area contributed by atoms with Gasteiger partial charge in [-0.1, -0.05) is 23.7 Å². The van der Waals surface area contributed by atoms with Gasteiger partial charge in [-0.25, -0.2) is 4.39 Å². The van der Waals surface area contributed by atoms with Crippen LogP contribution < -0.4 is 5.32 Å². The van der Waals surface area contributed by atoms with Gasteiger partial charge in [0.2, 0.25) is 0 Å². The molecule has 1 aromatic heterocycles. The van der Waals surface area contributed by atoms with E-state index in [9.17, 15) is 4.39 Å². The first kappa shape index (κ1) is 12.1. The molecule has 19 heavy (non-hydrogen) atoms. The number of halogens is 2. The maximum Gasteiger partial charge on any atom is 0.164 e. The van der Waals surface area contributed by atoms with Crippen molar-refractivity contribution in [3.05, 3.63) is 65.1 Å². The highest BCUT2D eigenvalue weighted by Gasteiger charge is 2.05. The summed E-state index contributed by atoms with van der Waals surface area (Å²) in [6.07, 6.45) is 1.90. The summed E-state index contributed by atoms with van der Waals surface area (Å²) in [5.74, 6) is -0.410. The Morgan fingerprint density at radius 3 is 2.95 bits per heavy atom. The third-order valence-electron chi connectivity index (χ3n) is 3.05. The first-order valence-corrected chi connectivity index (χ1v) is 6.36. The Bertz CT molecular complexity index is 721. The van der Waals surface area contributed by atoms with Crippen molar-refractivity contribution in [1.82, 2.24) is 4.98 Å². The summed E-state index contributed by atoms with van der Waals surface area (Å²) in [4.78, 5) is 3.14. The van der Waals surface area contributed by atoms with Crippen molar-refractivity contribution >= 4 is 28.2 Å². The fourth-order valence-electron chi connectivity index (χ4n) is 2.05. The third-order valence-corrected chi connectivity index (χ3v) is 3.34. The van der Waals surface area contributed by atoms with Crippen LogP contribution in [0.4, 0.5) is 10.1 Å². The number of aromatic nitrogens is 1. The number of nitrogens with one attached hydrogen (secondary N) is 2. The second-order valence-electron chi connectivity index (χ2n) is 4.35. The molecule has 0 radical (unpaired) electrons. The minimum absolute atomic E-state index is 0.131. The molecule has 0 aliphatic heterocycles. The van der Waals surface area contributed by atoms with Gasteiger partial charge in [0.05, 0.1) is 10.7 Å². The first-order chi connectivity index (χ1) is 9.24. The molecule has 2 nitrogen and oxygen atoms in total. The first-order valence-electron chi connectivity index (χ1n) is 5.98. The summed E-state index contributed by atoms with van der Waals surface area (Å²) < 4.78 is 13.7. The topological polar surface area (TPSA) is 27.8 Å². The van der Waals surface area contributed by atoms with Crippen LogP contribution in [0.1, 0.15) is 5.56 Å². The van der Waals surface area contributed by atoms with Crippen LogP contribution in [0.3, 0.4) is 0 Å². The van der Waals surface area contributed by atoms with Crippen LogP contribution in [0.2, 0.25) is 5.02 Å². The Balaban J connectivity index is 1.80. The SMILES string of the molecule is Fc1c(Cl)cccc1NCc1ccc2[nH]ccc2c1. The highest BCUT2D eigenvalue weighted by atomic mass is 35.5. The van der Waals surface area contributed by atoms with Gasteiger partial charge in [0.25, 0.3) is 0 Å². The van der Waals surface area contributed by atoms with Gasteiger partial charge in [-0.15, -0.1) is 0 Å². The van der Waals surface area contributed by atoms with Gasteiger partial charge >= 0.3 is 0 Å². The quantitative estimate of drug-likeness (QED) is 0.719. The summed E-state index contributed by atoms with van der Waals surface area (Å²) in [6.45, 7) is 0.554. The van der Waals surface area contributed by atoms with Crippen molar-refractivity contribution in [3.63, 3.8) is 0 Å². The summed E-state index contributed by atoms with van der Waals surface area (Å²) in [7, 11) is 0. The molecule has 0 fully saturated rings. The van der Waals surface area contributed by atoms with Crippen molar-refractivity contribution in [2.24, 2.45) is 0 Å². The van der Waals surface area contributed by atoms with Crippen LogP contribution in [0, 0.1) is 5.82 Å². The molecule has 0 aliphatic carbocycles. The average molecular weight is 275 g/mol. The maximum atomic E-state index is 13.7. The fourth-order valence-corrected chi connectivity index (χ4v) is 2.22. The van der Waals surface area contributed by atoms with E-state index in [0.29, 0.717) is 12.2 Å². The van der Waals surface area contributed by atoms with Crippen LogP contribution in [0.5, 0.6) is 0 Å². The average Bonchev–Trinajstić information content (AvgIpc) is 2.88. The van der Waals surface area contributed by atoms with Crippen LogP contribution in [0.15, 0.2) is 48.7 Å². The van der Waals surface area contributed by atoms with Crippen LogP contribution >= 0.6 is 11.6 Å². The molecule has 1 heterocycles. The summed E-state index contributed by atoms with van der Waals surface area (Å²) in [5.41, 5.74) is 2.60. The molecule has 4 heteroatoms. The lowest BCUT2D eigenvalue weighted by Crippen LogP contribution is -2.01. The summed E-state index contributed by atoms with van der Waals surface area (Å²) in [5, 5.41) is 4.33. The minimum Gasteiger partial charge on any atom is -0.379 e. The number of aromatic amines is 1. The highest BCUT2D eigenvalue weighted by Crippen LogP contribution is 2.23. The second kappa shape index (κ2) is 4.94. The number of benzene rings is 2. The van der Waals surface area contributed by atoms with Crippen molar-refractivity contribution < 1.29 is 4.39 Å². The molecule has 0 aliphatic rings. The largest absolute Gasteiger partial charge is 0.379 e. The van der Waals surface area contributed by atoms with Crippen LogP contribution in [-0.4, -0.2) is 4.98 Å². The monoisotopic (exact) mass is 274 g/mol. The Labute approximate surface area is 115 Å². The fraction of sp³-hybridized carbons (Fsp3) is 0.0667. The van der Waals surface area contributed by atoms with E-state index >= 15 is 0 Å². The molecule has 2 aromatic carbocycles. The molecule has 0 amide bonds. The second-order valence-corrected chi connectivity index (χ2v) is 4.76. The number of H-pyrrole nitrogens is 1. The van der Waals surface area contributed by atoms with E-state index in [1.807, 2.05) is 24.4 Å².